The Morgan fingerprint density at radius 3 is 2.43 bits per heavy atom. The van der Waals surface area contributed by atoms with Gasteiger partial charge in [-0.2, -0.15) is 9.61 Å². The van der Waals surface area contributed by atoms with Crippen molar-refractivity contribution in [2.24, 2.45) is 0 Å². The number of sulfone groups is 1. The SMILES string of the molecule is C=C(CNCCCOc1ccc(Cc2nnc3ccc(-c4ccccc4)nn23)cc1)S(=O)(=O)C(C)(C)C. The van der Waals surface area contributed by atoms with Gasteiger partial charge in [0.25, 0.3) is 0 Å². The number of rotatable bonds is 11. The van der Waals surface area contributed by atoms with E-state index in [-0.39, 0.29) is 11.4 Å². The molecule has 0 amide bonds. The molecule has 4 aromatic rings. The molecule has 0 unspecified atom stereocenters. The molecule has 0 saturated carbocycles. The first-order chi connectivity index (χ1) is 17.6. The highest BCUT2D eigenvalue weighted by atomic mass is 32.2. The predicted molar refractivity (Wildman–Crippen MR) is 146 cm³/mol. The molecule has 2 aromatic heterocycles. The van der Waals surface area contributed by atoms with Crippen molar-refractivity contribution >= 4 is 15.5 Å². The maximum Gasteiger partial charge on any atom is 0.180 e. The summed E-state index contributed by atoms with van der Waals surface area (Å²) >= 11 is 0. The maximum absolute atomic E-state index is 12.3. The molecule has 0 fully saturated rings. The number of nitrogens with one attached hydrogen (secondary N) is 1. The molecule has 0 aliphatic heterocycles. The van der Waals surface area contributed by atoms with Gasteiger partial charge in [0.1, 0.15) is 5.75 Å². The lowest BCUT2D eigenvalue weighted by molar-refractivity contribution is 0.309. The minimum atomic E-state index is -3.36. The highest BCUT2D eigenvalue weighted by Crippen LogP contribution is 2.22. The van der Waals surface area contributed by atoms with E-state index < -0.39 is 14.6 Å². The zero-order chi connectivity index (χ0) is 26.5. The smallest absolute Gasteiger partial charge is 0.180 e. The molecule has 8 nitrogen and oxygen atoms in total. The minimum absolute atomic E-state index is 0.212. The topological polar surface area (TPSA) is 98.5 Å². The summed E-state index contributed by atoms with van der Waals surface area (Å²) in [4.78, 5) is 0.212. The quantitative estimate of drug-likeness (QED) is 0.292. The molecule has 0 aliphatic carbocycles. The summed E-state index contributed by atoms with van der Waals surface area (Å²) in [6.07, 6.45) is 1.34. The van der Waals surface area contributed by atoms with Crippen LogP contribution in [0.4, 0.5) is 0 Å². The number of hydrogen-bond donors (Lipinski definition) is 1. The molecule has 2 aromatic carbocycles. The van der Waals surface area contributed by atoms with E-state index in [4.69, 9.17) is 9.84 Å². The lowest BCUT2D eigenvalue weighted by Crippen LogP contribution is -2.33. The van der Waals surface area contributed by atoms with E-state index in [9.17, 15) is 8.42 Å². The van der Waals surface area contributed by atoms with Crippen molar-refractivity contribution in [3.05, 3.63) is 89.6 Å². The van der Waals surface area contributed by atoms with E-state index in [0.717, 1.165) is 34.8 Å². The fourth-order valence-corrected chi connectivity index (χ4v) is 4.89. The molecular formula is C28H33N5O3S. The molecule has 194 valence electrons. The Labute approximate surface area is 218 Å². The Hall–Kier alpha value is -3.56. The number of aromatic nitrogens is 4. The van der Waals surface area contributed by atoms with Crippen LogP contribution in [0.15, 0.2) is 78.2 Å². The van der Waals surface area contributed by atoms with Gasteiger partial charge in [-0.1, -0.05) is 49.0 Å². The first-order valence-electron chi connectivity index (χ1n) is 12.3. The Kier molecular flexibility index (Phi) is 8.04. The second-order valence-corrected chi connectivity index (χ2v) is 12.6. The fraction of sp³-hybridized carbons (Fsp3) is 0.321. The van der Waals surface area contributed by atoms with E-state index in [1.54, 1.807) is 25.3 Å². The molecule has 0 saturated heterocycles. The largest absolute Gasteiger partial charge is 0.494 e. The Morgan fingerprint density at radius 1 is 1.00 bits per heavy atom. The number of nitrogens with zero attached hydrogens (tertiary/aromatic N) is 4. The van der Waals surface area contributed by atoms with Crippen molar-refractivity contribution in [3.8, 4) is 17.0 Å². The summed E-state index contributed by atoms with van der Waals surface area (Å²) in [6, 6.07) is 21.8. The maximum atomic E-state index is 12.3. The van der Waals surface area contributed by atoms with Gasteiger partial charge in [0.05, 0.1) is 22.0 Å². The second kappa shape index (κ2) is 11.2. The molecule has 2 heterocycles. The third-order valence-electron chi connectivity index (χ3n) is 5.96. The average Bonchev–Trinajstić information content (AvgIpc) is 3.28. The first kappa shape index (κ1) is 26.5. The van der Waals surface area contributed by atoms with Gasteiger partial charge in [-0.25, -0.2) is 8.42 Å². The Balaban J connectivity index is 1.26. The zero-order valence-electron chi connectivity index (χ0n) is 21.5. The third kappa shape index (κ3) is 6.42. The van der Waals surface area contributed by atoms with Gasteiger partial charge in [0.2, 0.25) is 0 Å². The monoisotopic (exact) mass is 519 g/mol. The number of hydrogen-bond acceptors (Lipinski definition) is 7. The summed E-state index contributed by atoms with van der Waals surface area (Å²) in [7, 11) is -3.36. The lowest BCUT2D eigenvalue weighted by Gasteiger charge is -2.21. The summed E-state index contributed by atoms with van der Waals surface area (Å²) in [5.41, 5.74) is 3.70. The van der Waals surface area contributed by atoms with Gasteiger partial charge < -0.3 is 10.1 Å². The van der Waals surface area contributed by atoms with Crippen LogP contribution in [-0.4, -0.2) is 52.7 Å². The second-order valence-electron chi connectivity index (χ2n) is 9.82. The summed E-state index contributed by atoms with van der Waals surface area (Å²) in [6.45, 7) is 10.2. The Bertz CT molecular complexity index is 1460. The Morgan fingerprint density at radius 2 is 1.73 bits per heavy atom. The number of benzene rings is 2. The first-order valence-corrected chi connectivity index (χ1v) is 13.7. The molecule has 0 spiro atoms. The molecule has 4 rings (SSSR count). The van der Waals surface area contributed by atoms with Crippen molar-refractivity contribution in [1.29, 1.82) is 0 Å². The van der Waals surface area contributed by atoms with Gasteiger partial charge in [-0.05, 0) is 63.6 Å². The molecule has 37 heavy (non-hydrogen) atoms. The van der Waals surface area contributed by atoms with E-state index in [2.05, 4.69) is 22.1 Å². The summed E-state index contributed by atoms with van der Waals surface area (Å²) in [5, 5.41) is 16.5. The molecule has 0 radical (unpaired) electrons. The van der Waals surface area contributed by atoms with E-state index >= 15 is 0 Å². The minimum Gasteiger partial charge on any atom is -0.494 e. The van der Waals surface area contributed by atoms with Crippen molar-refractivity contribution in [1.82, 2.24) is 25.1 Å². The lowest BCUT2D eigenvalue weighted by atomic mass is 10.1. The van der Waals surface area contributed by atoms with Crippen LogP contribution < -0.4 is 10.1 Å². The fourth-order valence-electron chi connectivity index (χ4n) is 3.74. The van der Waals surface area contributed by atoms with Crippen LogP contribution in [0.1, 0.15) is 38.6 Å². The van der Waals surface area contributed by atoms with Gasteiger partial charge >= 0.3 is 0 Å². The number of ether oxygens (including phenoxy) is 1. The zero-order valence-corrected chi connectivity index (χ0v) is 22.3. The standard InChI is InChI=1S/C28H33N5O3S/c1-21(37(34,35)28(2,3)4)20-29-17-8-18-36-24-13-11-22(12-14-24)19-27-31-30-26-16-15-25(32-33(26)27)23-9-6-5-7-10-23/h5-7,9-16,29H,1,8,17-20H2,2-4H3. The van der Waals surface area contributed by atoms with E-state index in [0.29, 0.717) is 25.2 Å². The molecular weight excluding hydrogens is 486 g/mol. The summed E-state index contributed by atoms with van der Waals surface area (Å²) < 4.78 is 31.5. The third-order valence-corrected chi connectivity index (χ3v) is 8.47. The normalized spacial score (nSPS) is 12.1. The van der Waals surface area contributed by atoms with Crippen LogP contribution in [0.2, 0.25) is 0 Å². The van der Waals surface area contributed by atoms with Gasteiger partial charge in [0, 0.05) is 18.5 Å². The highest BCUT2D eigenvalue weighted by Gasteiger charge is 2.31. The van der Waals surface area contributed by atoms with Crippen molar-refractivity contribution < 1.29 is 13.2 Å². The van der Waals surface area contributed by atoms with Crippen LogP contribution in [-0.2, 0) is 16.3 Å². The van der Waals surface area contributed by atoms with Crippen LogP contribution in [0.3, 0.4) is 0 Å². The highest BCUT2D eigenvalue weighted by molar-refractivity contribution is 7.96. The predicted octanol–water partition coefficient (Wildman–Crippen LogP) is 4.47. The molecule has 9 heteroatoms. The number of fused-ring (bicyclic) bond motifs is 1. The van der Waals surface area contributed by atoms with Crippen LogP contribution in [0, 0.1) is 0 Å². The van der Waals surface area contributed by atoms with Gasteiger partial charge in [-0.15, -0.1) is 10.2 Å². The molecule has 0 atom stereocenters. The van der Waals surface area contributed by atoms with Crippen molar-refractivity contribution in [2.45, 2.75) is 38.4 Å². The van der Waals surface area contributed by atoms with Crippen molar-refractivity contribution in [2.75, 3.05) is 19.7 Å². The average molecular weight is 520 g/mol. The van der Waals surface area contributed by atoms with Gasteiger partial charge in [-0.3, -0.25) is 0 Å². The van der Waals surface area contributed by atoms with Crippen molar-refractivity contribution in [3.63, 3.8) is 0 Å². The molecule has 0 bridgehead atoms. The van der Waals surface area contributed by atoms with E-state index in [1.165, 1.54) is 0 Å². The molecule has 1 N–H and O–H groups in total. The van der Waals surface area contributed by atoms with Crippen LogP contribution >= 0.6 is 0 Å². The van der Waals surface area contributed by atoms with Crippen LogP contribution in [0.25, 0.3) is 16.9 Å². The molecule has 0 aliphatic rings. The van der Waals surface area contributed by atoms with Crippen LogP contribution in [0.5, 0.6) is 5.75 Å². The summed E-state index contributed by atoms with van der Waals surface area (Å²) in [5.74, 6) is 1.54. The van der Waals surface area contributed by atoms with E-state index in [1.807, 2.05) is 66.7 Å². The van der Waals surface area contributed by atoms with Gasteiger partial charge in [0.15, 0.2) is 21.3 Å².